The first-order valence-electron chi connectivity index (χ1n) is 8.34. The zero-order valence-electron chi connectivity index (χ0n) is 14.8. The van der Waals surface area contributed by atoms with Gasteiger partial charge in [-0.25, -0.2) is 19.3 Å². The van der Waals surface area contributed by atoms with Gasteiger partial charge in [0, 0.05) is 12.4 Å². The van der Waals surface area contributed by atoms with Gasteiger partial charge in [-0.15, -0.1) is 0 Å². The molecule has 0 aliphatic rings. The van der Waals surface area contributed by atoms with Gasteiger partial charge in [0.05, 0.1) is 34.5 Å². The molecular formula is C20H15FN6. The largest absolute Gasteiger partial charge is 0.282 e. The number of hydrogen-bond acceptors (Lipinski definition) is 5. The van der Waals surface area contributed by atoms with E-state index in [0.717, 1.165) is 5.69 Å². The smallest absolute Gasteiger partial charge is 0.234 e. The zero-order chi connectivity index (χ0) is 19.0. The van der Waals surface area contributed by atoms with Crippen LogP contribution in [0.15, 0.2) is 55.0 Å². The molecule has 0 bridgehead atoms. The third-order valence-corrected chi connectivity index (χ3v) is 4.17. The van der Waals surface area contributed by atoms with Crippen LogP contribution in [0.4, 0.5) is 4.39 Å². The third-order valence-electron chi connectivity index (χ3n) is 4.17. The van der Waals surface area contributed by atoms with E-state index in [0.29, 0.717) is 34.1 Å². The van der Waals surface area contributed by atoms with E-state index in [-0.39, 0.29) is 0 Å². The lowest BCUT2D eigenvalue weighted by atomic mass is 10.1. The molecule has 0 fully saturated rings. The summed E-state index contributed by atoms with van der Waals surface area (Å²) in [5.74, 6) is 0.399. The van der Waals surface area contributed by atoms with Crippen molar-refractivity contribution in [1.29, 1.82) is 5.26 Å². The topological polar surface area (TPSA) is 79.8 Å². The quantitative estimate of drug-likeness (QED) is 0.554. The van der Waals surface area contributed by atoms with Gasteiger partial charge in [0.25, 0.3) is 0 Å². The predicted molar refractivity (Wildman–Crippen MR) is 98.3 cm³/mol. The summed E-state index contributed by atoms with van der Waals surface area (Å²) in [6, 6.07) is 12.7. The maximum atomic E-state index is 14.1. The molecule has 132 valence electrons. The molecule has 4 aromatic rings. The number of imidazole rings is 1. The van der Waals surface area contributed by atoms with Crippen LogP contribution >= 0.6 is 0 Å². The van der Waals surface area contributed by atoms with Gasteiger partial charge >= 0.3 is 0 Å². The molecule has 0 saturated carbocycles. The van der Waals surface area contributed by atoms with Crippen LogP contribution in [0.3, 0.4) is 0 Å². The van der Waals surface area contributed by atoms with Crippen molar-refractivity contribution >= 4 is 5.78 Å². The first kappa shape index (κ1) is 16.8. The predicted octanol–water partition coefficient (Wildman–Crippen LogP) is 3.93. The molecule has 0 radical (unpaired) electrons. The lowest BCUT2D eigenvalue weighted by Gasteiger charge is -2.13. The summed E-state index contributed by atoms with van der Waals surface area (Å²) >= 11 is 0. The summed E-state index contributed by atoms with van der Waals surface area (Å²) in [7, 11) is 0. The SMILES string of the molecule is CC(C)(F)c1ccn2c(-c3cccc(-c4ncccc4C#N)n3)cnc2n1. The molecule has 6 nitrogen and oxygen atoms in total. The highest BCUT2D eigenvalue weighted by Gasteiger charge is 2.22. The minimum atomic E-state index is -1.54. The third kappa shape index (κ3) is 3.02. The van der Waals surface area contributed by atoms with E-state index in [1.54, 1.807) is 47.3 Å². The Morgan fingerprint density at radius 2 is 1.85 bits per heavy atom. The van der Waals surface area contributed by atoms with Crippen molar-refractivity contribution in [3.8, 4) is 28.8 Å². The van der Waals surface area contributed by atoms with E-state index < -0.39 is 5.67 Å². The monoisotopic (exact) mass is 358 g/mol. The Morgan fingerprint density at radius 3 is 2.63 bits per heavy atom. The minimum Gasteiger partial charge on any atom is -0.282 e. The number of nitrogens with zero attached hydrogens (tertiary/aromatic N) is 6. The second kappa shape index (κ2) is 6.25. The molecule has 0 spiro atoms. The molecule has 0 aliphatic heterocycles. The number of nitriles is 1. The van der Waals surface area contributed by atoms with E-state index in [1.165, 1.54) is 13.8 Å². The molecule has 4 aromatic heterocycles. The summed E-state index contributed by atoms with van der Waals surface area (Å²) in [4.78, 5) is 17.5. The summed E-state index contributed by atoms with van der Waals surface area (Å²) in [5, 5.41) is 9.30. The van der Waals surface area contributed by atoms with Crippen molar-refractivity contribution in [3.63, 3.8) is 0 Å². The van der Waals surface area contributed by atoms with Gasteiger partial charge in [-0.05, 0) is 44.2 Å². The Balaban J connectivity index is 1.82. The molecular weight excluding hydrogens is 343 g/mol. The van der Waals surface area contributed by atoms with Gasteiger partial charge in [0.15, 0.2) is 0 Å². The lowest BCUT2D eigenvalue weighted by molar-refractivity contribution is 0.214. The van der Waals surface area contributed by atoms with E-state index >= 15 is 0 Å². The molecule has 7 heteroatoms. The van der Waals surface area contributed by atoms with Gasteiger partial charge in [-0.1, -0.05) is 6.07 Å². The average molecular weight is 358 g/mol. The summed E-state index contributed by atoms with van der Waals surface area (Å²) in [6.45, 7) is 2.92. The van der Waals surface area contributed by atoms with Crippen LogP contribution in [0, 0.1) is 11.3 Å². The Labute approximate surface area is 155 Å². The van der Waals surface area contributed by atoms with E-state index in [4.69, 9.17) is 0 Å². The number of fused-ring (bicyclic) bond motifs is 1. The number of alkyl halides is 1. The summed E-state index contributed by atoms with van der Waals surface area (Å²) in [5.41, 5.74) is 1.72. The Bertz CT molecular complexity index is 1180. The molecule has 27 heavy (non-hydrogen) atoms. The van der Waals surface area contributed by atoms with Gasteiger partial charge in [-0.3, -0.25) is 9.38 Å². The van der Waals surface area contributed by atoms with Gasteiger partial charge in [-0.2, -0.15) is 5.26 Å². The maximum absolute atomic E-state index is 14.1. The van der Waals surface area contributed by atoms with E-state index in [9.17, 15) is 9.65 Å². The van der Waals surface area contributed by atoms with Crippen molar-refractivity contribution < 1.29 is 4.39 Å². The Hall–Kier alpha value is -3.66. The number of rotatable bonds is 3. The minimum absolute atomic E-state index is 0.320. The normalized spacial score (nSPS) is 11.5. The van der Waals surface area contributed by atoms with Crippen LogP contribution in [0.5, 0.6) is 0 Å². The molecule has 0 saturated heterocycles. The van der Waals surface area contributed by atoms with Gasteiger partial charge < -0.3 is 0 Å². The van der Waals surface area contributed by atoms with Gasteiger partial charge in [0.2, 0.25) is 5.78 Å². The zero-order valence-corrected chi connectivity index (χ0v) is 14.8. The second-order valence-corrected chi connectivity index (χ2v) is 6.52. The molecule has 0 aromatic carbocycles. The molecule has 0 unspecified atom stereocenters. The molecule has 0 amide bonds. The highest BCUT2D eigenvalue weighted by Crippen LogP contribution is 2.26. The van der Waals surface area contributed by atoms with Crippen molar-refractivity contribution in [1.82, 2.24) is 24.3 Å². The Kier molecular flexibility index (Phi) is 3.89. The molecule has 4 rings (SSSR count). The Morgan fingerprint density at radius 1 is 1.04 bits per heavy atom. The van der Waals surface area contributed by atoms with Crippen LogP contribution < -0.4 is 0 Å². The fraction of sp³-hybridized carbons (Fsp3) is 0.150. The first-order chi connectivity index (χ1) is 13.0. The van der Waals surface area contributed by atoms with Crippen LogP contribution in [0.2, 0.25) is 0 Å². The summed E-state index contributed by atoms with van der Waals surface area (Å²) < 4.78 is 15.9. The van der Waals surface area contributed by atoms with Gasteiger partial charge in [0.1, 0.15) is 17.4 Å². The van der Waals surface area contributed by atoms with Crippen LogP contribution in [0.1, 0.15) is 25.1 Å². The highest BCUT2D eigenvalue weighted by atomic mass is 19.1. The first-order valence-corrected chi connectivity index (χ1v) is 8.34. The van der Waals surface area contributed by atoms with Crippen molar-refractivity contribution in [2.24, 2.45) is 0 Å². The second-order valence-electron chi connectivity index (χ2n) is 6.52. The average Bonchev–Trinajstić information content (AvgIpc) is 3.10. The van der Waals surface area contributed by atoms with Crippen molar-refractivity contribution in [2.75, 3.05) is 0 Å². The van der Waals surface area contributed by atoms with Crippen molar-refractivity contribution in [2.45, 2.75) is 19.5 Å². The van der Waals surface area contributed by atoms with Crippen LogP contribution in [0.25, 0.3) is 28.6 Å². The van der Waals surface area contributed by atoms with Crippen LogP contribution in [-0.2, 0) is 5.67 Å². The van der Waals surface area contributed by atoms with E-state index in [2.05, 4.69) is 26.0 Å². The standard InChI is InChI=1S/C20H15FN6/c1-20(2,21)17-8-10-27-16(12-24-19(27)26-17)14-6-3-7-15(25-14)18-13(11-22)5-4-9-23-18/h3-10,12H,1-2H3. The molecule has 0 N–H and O–H groups in total. The summed E-state index contributed by atoms with van der Waals surface area (Å²) in [6.07, 6.45) is 5.01. The number of aromatic nitrogens is 5. The number of halogens is 1. The highest BCUT2D eigenvalue weighted by molar-refractivity contribution is 5.67. The fourth-order valence-corrected chi connectivity index (χ4v) is 2.80. The molecule has 4 heterocycles. The van der Waals surface area contributed by atoms with Crippen LogP contribution in [-0.4, -0.2) is 24.3 Å². The fourth-order valence-electron chi connectivity index (χ4n) is 2.80. The molecule has 0 aliphatic carbocycles. The molecule has 0 atom stereocenters. The number of pyridine rings is 2. The van der Waals surface area contributed by atoms with Crippen molar-refractivity contribution in [3.05, 3.63) is 66.2 Å². The lowest BCUT2D eigenvalue weighted by Crippen LogP contribution is -2.12. The number of hydrogen-bond donors (Lipinski definition) is 0. The van der Waals surface area contributed by atoms with E-state index in [1.807, 2.05) is 12.1 Å². The maximum Gasteiger partial charge on any atom is 0.234 e.